The van der Waals surface area contributed by atoms with Crippen molar-refractivity contribution in [1.82, 2.24) is 0 Å². The van der Waals surface area contributed by atoms with Crippen molar-refractivity contribution in [2.75, 3.05) is 9.80 Å². The molecule has 3 nitrogen and oxygen atoms in total. The molecule has 0 amide bonds. The van der Waals surface area contributed by atoms with Crippen LogP contribution in [0.1, 0.15) is 102 Å². The monoisotopic (exact) mass is 732 g/mol. The Morgan fingerprint density at radius 1 is 0.554 bits per heavy atom. The number of benzene rings is 6. The number of anilines is 6. The van der Waals surface area contributed by atoms with E-state index in [1.54, 1.807) is 0 Å². The zero-order chi connectivity index (χ0) is 39.1. The SMILES string of the molecule is Cc1cc2c3c(c1)N(c1ccc(C(C)(C)C)cc1)c1c(ccc4oc5c6c(ccc5c14)CCC6)B3c1cc(C(C)(C)C)ccc1N2c1ccc(C(C)(C)C)cc1. The first-order valence-electron chi connectivity index (χ1n) is 20.7. The third-order valence-corrected chi connectivity index (χ3v) is 12.9. The fourth-order valence-corrected chi connectivity index (χ4v) is 9.84. The zero-order valence-electron chi connectivity index (χ0n) is 34.8. The van der Waals surface area contributed by atoms with E-state index in [0.29, 0.717) is 0 Å². The van der Waals surface area contributed by atoms with Gasteiger partial charge in [0, 0.05) is 33.8 Å². The van der Waals surface area contributed by atoms with E-state index < -0.39 is 0 Å². The van der Waals surface area contributed by atoms with Crippen LogP contribution in [-0.4, -0.2) is 6.71 Å². The van der Waals surface area contributed by atoms with Gasteiger partial charge in [0.1, 0.15) is 11.2 Å². The number of fused-ring (bicyclic) bond motifs is 10. The van der Waals surface area contributed by atoms with Crippen LogP contribution in [0.15, 0.2) is 108 Å². The predicted molar refractivity (Wildman–Crippen MR) is 241 cm³/mol. The summed E-state index contributed by atoms with van der Waals surface area (Å²) in [5.74, 6) is 0. The summed E-state index contributed by atoms with van der Waals surface area (Å²) in [4.78, 5) is 5.12. The van der Waals surface area contributed by atoms with Crippen LogP contribution < -0.4 is 26.2 Å². The van der Waals surface area contributed by atoms with Gasteiger partial charge in [0.2, 0.25) is 0 Å². The fourth-order valence-electron chi connectivity index (χ4n) is 9.84. The lowest BCUT2D eigenvalue weighted by molar-refractivity contribution is 0.590. The first kappa shape index (κ1) is 35.2. The van der Waals surface area contributed by atoms with Crippen LogP contribution in [0.4, 0.5) is 34.1 Å². The summed E-state index contributed by atoms with van der Waals surface area (Å²) < 4.78 is 6.93. The highest BCUT2D eigenvalue weighted by atomic mass is 16.3. The maximum Gasteiger partial charge on any atom is 0.252 e. The molecule has 3 heterocycles. The van der Waals surface area contributed by atoms with Crippen LogP contribution in [0.25, 0.3) is 21.9 Å². The normalized spacial score (nSPS) is 15.0. The molecule has 2 aliphatic heterocycles. The van der Waals surface area contributed by atoms with Crippen molar-refractivity contribution in [3.05, 3.63) is 137 Å². The topological polar surface area (TPSA) is 19.6 Å². The summed E-state index contributed by atoms with van der Waals surface area (Å²) in [5, 5.41) is 2.44. The maximum atomic E-state index is 6.93. The highest BCUT2D eigenvalue weighted by molar-refractivity contribution is 7.00. The Morgan fingerprint density at radius 3 is 1.77 bits per heavy atom. The summed E-state index contributed by atoms with van der Waals surface area (Å²) in [5.41, 5.74) is 21.6. The highest BCUT2D eigenvalue weighted by Gasteiger charge is 2.45. The molecule has 0 saturated carbocycles. The van der Waals surface area contributed by atoms with Gasteiger partial charge in [-0.3, -0.25) is 0 Å². The third-order valence-electron chi connectivity index (χ3n) is 12.9. The Kier molecular flexibility index (Phi) is 7.48. The minimum Gasteiger partial charge on any atom is -0.456 e. The van der Waals surface area contributed by atoms with Crippen LogP contribution in [0.5, 0.6) is 0 Å². The second kappa shape index (κ2) is 11.9. The molecule has 3 aliphatic rings. The molecule has 0 saturated heterocycles. The summed E-state index contributed by atoms with van der Waals surface area (Å²) in [6.45, 7) is 23.1. The minimum atomic E-state index is -0.00593. The molecule has 1 aromatic heterocycles. The number of hydrogen-bond acceptors (Lipinski definition) is 3. The molecule has 1 aliphatic carbocycles. The van der Waals surface area contributed by atoms with Gasteiger partial charge in [-0.1, -0.05) is 117 Å². The highest BCUT2D eigenvalue weighted by Crippen LogP contribution is 2.49. The van der Waals surface area contributed by atoms with Gasteiger partial charge in [-0.15, -0.1) is 0 Å². The molecule has 6 aromatic carbocycles. The Bertz CT molecular complexity index is 2730. The molecular weight excluding hydrogens is 679 g/mol. The molecule has 0 radical (unpaired) electrons. The molecule has 0 bridgehead atoms. The quantitative estimate of drug-likeness (QED) is 0.165. The number of furan rings is 1. The van der Waals surface area contributed by atoms with E-state index in [0.717, 1.165) is 24.0 Å². The average molecular weight is 733 g/mol. The molecule has 7 aromatic rings. The molecule has 0 N–H and O–H groups in total. The lowest BCUT2D eigenvalue weighted by Crippen LogP contribution is -2.61. The van der Waals surface area contributed by atoms with E-state index in [1.165, 1.54) is 101 Å². The van der Waals surface area contributed by atoms with Crippen LogP contribution in [0.2, 0.25) is 0 Å². The van der Waals surface area contributed by atoms with Crippen molar-refractivity contribution in [2.24, 2.45) is 0 Å². The summed E-state index contributed by atoms with van der Waals surface area (Å²) in [7, 11) is 0. The lowest BCUT2D eigenvalue weighted by atomic mass is 9.33. The molecule has 10 rings (SSSR count). The van der Waals surface area contributed by atoms with E-state index in [4.69, 9.17) is 4.42 Å². The third kappa shape index (κ3) is 5.24. The maximum absolute atomic E-state index is 6.93. The Morgan fingerprint density at radius 2 is 1.14 bits per heavy atom. The molecular formula is C52H53BN2O. The van der Waals surface area contributed by atoms with E-state index in [9.17, 15) is 0 Å². The lowest BCUT2D eigenvalue weighted by Gasteiger charge is -2.45. The molecule has 280 valence electrons. The number of rotatable bonds is 2. The van der Waals surface area contributed by atoms with E-state index in [1.807, 2.05) is 0 Å². The molecule has 0 fully saturated rings. The number of aryl methyl sites for hydroxylation is 3. The van der Waals surface area contributed by atoms with Crippen molar-refractivity contribution < 1.29 is 4.42 Å². The van der Waals surface area contributed by atoms with Gasteiger partial charge in [0.15, 0.2) is 0 Å². The number of hydrogen-bond donors (Lipinski definition) is 0. The van der Waals surface area contributed by atoms with Crippen molar-refractivity contribution in [1.29, 1.82) is 0 Å². The molecule has 0 spiro atoms. The van der Waals surface area contributed by atoms with Gasteiger partial charge >= 0.3 is 0 Å². The molecule has 56 heavy (non-hydrogen) atoms. The molecule has 4 heteroatoms. The summed E-state index contributed by atoms with van der Waals surface area (Å²) in [6.07, 6.45) is 3.40. The zero-order valence-corrected chi connectivity index (χ0v) is 34.8. The van der Waals surface area contributed by atoms with Gasteiger partial charge in [-0.05, 0) is 141 Å². The first-order valence-corrected chi connectivity index (χ1v) is 20.7. The summed E-state index contributed by atoms with van der Waals surface area (Å²) >= 11 is 0. The van der Waals surface area contributed by atoms with Gasteiger partial charge in [-0.25, -0.2) is 0 Å². The average Bonchev–Trinajstić information content (AvgIpc) is 3.78. The second-order valence-electron chi connectivity index (χ2n) is 19.9. The van der Waals surface area contributed by atoms with Gasteiger partial charge in [0.25, 0.3) is 6.71 Å². The Hall–Kier alpha value is -5.22. The van der Waals surface area contributed by atoms with Gasteiger partial charge < -0.3 is 14.2 Å². The van der Waals surface area contributed by atoms with Gasteiger partial charge in [0.05, 0.1) is 11.1 Å². The minimum absolute atomic E-state index is 0.00593. The Balaban J connectivity index is 1.32. The van der Waals surface area contributed by atoms with E-state index in [-0.39, 0.29) is 23.0 Å². The van der Waals surface area contributed by atoms with Crippen molar-refractivity contribution in [3.63, 3.8) is 0 Å². The Labute approximate surface area is 333 Å². The van der Waals surface area contributed by atoms with E-state index in [2.05, 4.69) is 182 Å². The largest absolute Gasteiger partial charge is 0.456 e. The van der Waals surface area contributed by atoms with Crippen molar-refractivity contribution in [3.8, 4) is 0 Å². The molecule has 0 unspecified atom stereocenters. The second-order valence-corrected chi connectivity index (χ2v) is 19.9. The van der Waals surface area contributed by atoms with Crippen LogP contribution in [0.3, 0.4) is 0 Å². The predicted octanol–water partition coefficient (Wildman–Crippen LogP) is 12.4. The van der Waals surface area contributed by atoms with Crippen LogP contribution >= 0.6 is 0 Å². The van der Waals surface area contributed by atoms with Crippen molar-refractivity contribution >= 4 is 79.2 Å². The van der Waals surface area contributed by atoms with Crippen molar-refractivity contribution in [2.45, 2.75) is 105 Å². The van der Waals surface area contributed by atoms with Crippen LogP contribution in [-0.2, 0) is 29.1 Å². The summed E-state index contributed by atoms with van der Waals surface area (Å²) in [6, 6.07) is 40.1. The fraction of sp³-hybridized carbons (Fsp3) is 0.308. The number of nitrogens with zero attached hydrogens (tertiary/aromatic N) is 2. The standard InChI is InChI=1S/C52H53BN2O/c1-31-28-43-47-44(29-31)55(37-22-17-34(18-23-37)51(5,6)7)48-40(25-27-45-46(48)39-24-14-32-12-11-13-38(32)49(39)56-45)53(47)41-30-35(52(8,9)10)19-26-42(41)54(43)36-20-15-33(16-21-36)50(2,3)4/h14-30H,11-13H2,1-10H3. The van der Waals surface area contributed by atoms with E-state index >= 15 is 0 Å². The van der Waals surface area contributed by atoms with Gasteiger partial charge in [-0.2, -0.15) is 0 Å². The van der Waals surface area contributed by atoms with Crippen LogP contribution in [0, 0.1) is 6.92 Å². The molecule has 0 atom stereocenters. The first-order chi connectivity index (χ1) is 26.6. The smallest absolute Gasteiger partial charge is 0.252 e.